The van der Waals surface area contributed by atoms with Gasteiger partial charge < -0.3 is 5.32 Å². The fourth-order valence-electron chi connectivity index (χ4n) is 1.10. The molecule has 0 spiro atoms. The molecule has 0 aliphatic rings. The molecule has 1 rings (SSSR count). The lowest BCUT2D eigenvalue weighted by molar-refractivity contribution is 0.562. The molecule has 0 radical (unpaired) electrons. The molecule has 0 fully saturated rings. The van der Waals surface area contributed by atoms with Crippen LogP contribution < -0.4 is 5.32 Å². The number of rotatable bonds is 5. The predicted octanol–water partition coefficient (Wildman–Crippen LogP) is 1.96. The van der Waals surface area contributed by atoms with E-state index in [0.717, 1.165) is 11.7 Å². The summed E-state index contributed by atoms with van der Waals surface area (Å²) in [4.78, 5) is 8.37. The van der Waals surface area contributed by atoms with Gasteiger partial charge in [0.15, 0.2) is 5.16 Å². The highest BCUT2D eigenvalue weighted by Crippen LogP contribution is 2.20. The summed E-state index contributed by atoms with van der Waals surface area (Å²) in [5.74, 6) is 0. The van der Waals surface area contributed by atoms with Crippen molar-refractivity contribution in [3.63, 3.8) is 0 Å². The molecule has 0 amide bonds. The van der Waals surface area contributed by atoms with E-state index in [1.165, 1.54) is 0 Å². The van der Waals surface area contributed by atoms with E-state index in [0.29, 0.717) is 11.3 Å². The molecule has 4 heteroatoms. The number of nitrogens with one attached hydrogen (secondary N) is 1. The molecular weight excluding hydrogens is 194 g/mol. The van der Waals surface area contributed by atoms with Crippen molar-refractivity contribution < 1.29 is 0 Å². The second-order valence-electron chi connectivity index (χ2n) is 3.20. The Kier molecular flexibility index (Phi) is 4.90. The molecule has 0 saturated heterocycles. The lowest BCUT2D eigenvalue weighted by Crippen LogP contribution is -2.33. The van der Waals surface area contributed by atoms with Crippen LogP contribution in [-0.2, 0) is 0 Å². The second-order valence-corrected chi connectivity index (χ2v) is 4.55. The van der Waals surface area contributed by atoms with Crippen molar-refractivity contribution in [2.75, 3.05) is 6.54 Å². The van der Waals surface area contributed by atoms with Crippen LogP contribution in [0, 0.1) is 0 Å². The number of nitrogens with zero attached hydrogens (tertiary/aromatic N) is 2. The Bertz CT molecular complexity index is 253. The van der Waals surface area contributed by atoms with E-state index in [9.17, 15) is 0 Å². The Morgan fingerprint density at radius 2 is 2.00 bits per heavy atom. The highest BCUT2D eigenvalue weighted by molar-refractivity contribution is 7.99. The minimum atomic E-state index is 0.480. The topological polar surface area (TPSA) is 37.8 Å². The first kappa shape index (κ1) is 11.5. The summed E-state index contributed by atoms with van der Waals surface area (Å²) >= 11 is 1.71. The monoisotopic (exact) mass is 211 g/mol. The summed E-state index contributed by atoms with van der Waals surface area (Å²) in [6, 6.07) is 2.32. The SMILES string of the molecule is CCNC(C)C(C)Sc1ncccn1. The van der Waals surface area contributed by atoms with Crippen LogP contribution in [0.5, 0.6) is 0 Å². The van der Waals surface area contributed by atoms with E-state index in [4.69, 9.17) is 0 Å². The van der Waals surface area contributed by atoms with Crippen molar-refractivity contribution >= 4 is 11.8 Å². The molecule has 1 N–H and O–H groups in total. The summed E-state index contributed by atoms with van der Waals surface area (Å²) in [5.41, 5.74) is 0. The molecule has 0 bridgehead atoms. The third-order valence-corrected chi connectivity index (χ3v) is 3.27. The maximum Gasteiger partial charge on any atom is 0.187 e. The van der Waals surface area contributed by atoms with Gasteiger partial charge in [-0.1, -0.05) is 25.6 Å². The number of hydrogen-bond donors (Lipinski definition) is 1. The lowest BCUT2D eigenvalue weighted by atomic mass is 10.2. The Hall–Kier alpha value is -0.610. The van der Waals surface area contributed by atoms with Crippen LogP contribution in [0.2, 0.25) is 0 Å². The lowest BCUT2D eigenvalue weighted by Gasteiger charge is -2.18. The highest BCUT2D eigenvalue weighted by atomic mass is 32.2. The van der Waals surface area contributed by atoms with E-state index < -0.39 is 0 Å². The van der Waals surface area contributed by atoms with Crippen molar-refractivity contribution in [2.24, 2.45) is 0 Å². The smallest absolute Gasteiger partial charge is 0.187 e. The average molecular weight is 211 g/mol. The molecule has 0 aromatic carbocycles. The standard InChI is InChI=1S/C10H17N3S/c1-4-11-8(2)9(3)14-10-12-6-5-7-13-10/h5-9,11H,4H2,1-3H3. The van der Waals surface area contributed by atoms with Crippen LogP contribution in [0.25, 0.3) is 0 Å². The zero-order valence-corrected chi connectivity index (χ0v) is 9.71. The summed E-state index contributed by atoms with van der Waals surface area (Å²) in [7, 11) is 0. The molecule has 1 heterocycles. The first-order valence-corrected chi connectivity index (χ1v) is 5.79. The van der Waals surface area contributed by atoms with Gasteiger partial charge in [-0.3, -0.25) is 0 Å². The van der Waals surface area contributed by atoms with Crippen molar-refractivity contribution in [2.45, 2.75) is 37.2 Å². The van der Waals surface area contributed by atoms with Crippen molar-refractivity contribution in [1.29, 1.82) is 0 Å². The van der Waals surface area contributed by atoms with Gasteiger partial charge >= 0.3 is 0 Å². The Balaban J connectivity index is 2.44. The van der Waals surface area contributed by atoms with Gasteiger partial charge in [0.05, 0.1) is 0 Å². The van der Waals surface area contributed by atoms with E-state index in [-0.39, 0.29) is 0 Å². The highest BCUT2D eigenvalue weighted by Gasteiger charge is 2.13. The number of hydrogen-bond acceptors (Lipinski definition) is 4. The zero-order valence-electron chi connectivity index (χ0n) is 8.90. The van der Waals surface area contributed by atoms with Crippen LogP contribution in [-0.4, -0.2) is 27.8 Å². The molecule has 0 saturated carbocycles. The van der Waals surface area contributed by atoms with Crippen LogP contribution >= 0.6 is 11.8 Å². The van der Waals surface area contributed by atoms with E-state index in [1.807, 2.05) is 6.07 Å². The van der Waals surface area contributed by atoms with Gasteiger partial charge in [0.1, 0.15) is 0 Å². The molecule has 0 aliphatic heterocycles. The second kappa shape index (κ2) is 5.98. The van der Waals surface area contributed by atoms with Gasteiger partial charge in [-0.25, -0.2) is 9.97 Å². The molecule has 14 heavy (non-hydrogen) atoms. The van der Waals surface area contributed by atoms with Gasteiger partial charge in [0.2, 0.25) is 0 Å². The maximum absolute atomic E-state index is 4.19. The average Bonchev–Trinajstić information content (AvgIpc) is 2.19. The fourth-order valence-corrected chi connectivity index (χ4v) is 1.98. The molecule has 2 atom stereocenters. The molecule has 3 nitrogen and oxygen atoms in total. The Labute approximate surface area is 89.7 Å². The third-order valence-electron chi connectivity index (χ3n) is 2.06. The molecule has 78 valence electrons. The van der Waals surface area contributed by atoms with Crippen LogP contribution in [0.1, 0.15) is 20.8 Å². The van der Waals surface area contributed by atoms with Gasteiger partial charge in [0, 0.05) is 23.7 Å². The zero-order chi connectivity index (χ0) is 10.4. The number of aromatic nitrogens is 2. The Morgan fingerprint density at radius 3 is 2.57 bits per heavy atom. The third kappa shape index (κ3) is 3.64. The Morgan fingerprint density at radius 1 is 1.36 bits per heavy atom. The van der Waals surface area contributed by atoms with E-state index in [2.05, 4.69) is 36.1 Å². The minimum absolute atomic E-state index is 0.480. The van der Waals surface area contributed by atoms with Gasteiger partial charge in [-0.2, -0.15) is 0 Å². The first-order chi connectivity index (χ1) is 6.74. The normalized spacial score (nSPS) is 15.1. The predicted molar refractivity (Wildman–Crippen MR) is 60.5 cm³/mol. The van der Waals surface area contributed by atoms with Crippen molar-refractivity contribution in [3.8, 4) is 0 Å². The first-order valence-electron chi connectivity index (χ1n) is 4.91. The summed E-state index contributed by atoms with van der Waals surface area (Å²) in [5, 5.41) is 4.72. The fraction of sp³-hybridized carbons (Fsp3) is 0.600. The molecule has 1 aromatic rings. The maximum atomic E-state index is 4.19. The van der Waals surface area contributed by atoms with Crippen LogP contribution in [0.15, 0.2) is 23.6 Å². The quantitative estimate of drug-likeness (QED) is 0.597. The van der Waals surface area contributed by atoms with Crippen LogP contribution in [0.4, 0.5) is 0 Å². The summed E-state index contributed by atoms with van der Waals surface area (Å²) in [6.07, 6.45) is 3.56. The largest absolute Gasteiger partial charge is 0.313 e. The molecular formula is C10H17N3S. The molecule has 1 aromatic heterocycles. The van der Waals surface area contributed by atoms with Gasteiger partial charge in [0.25, 0.3) is 0 Å². The number of thioether (sulfide) groups is 1. The molecule has 2 unspecified atom stereocenters. The minimum Gasteiger partial charge on any atom is -0.313 e. The van der Waals surface area contributed by atoms with Crippen LogP contribution in [0.3, 0.4) is 0 Å². The van der Waals surface area contributed by atoms with E-state index >= 15 is 0 Å². The van der Waals surface area contributed by atoms with E-state index in [1.54, 1.807) is 24.2 Å². The van der Waals surface area contributed by atoms with Crippen molar-refractivity contribution in [1.82, 2.24) is 15.3 Å². The summed E-state index contributed by atoms with van der Waals surface area (Å²) < 4.78 is 0. The van der Waals surface area contributed by atoms with Gasteiger partial charge in [-0.05, 0) is 19.5 Å². The van der Waals surface area contributed by atoms with Crippen molar-refractivity contribution in [3.05, 3.63) is 18.5 Å². The summed E-state index contributed by atoms with van der Waals surface area (Å²) in [6.45, 7) is 7.49. The molecule has 0 aliphatic carbocycles. The van der Waals surface area contributed by atoms with Gasteiger partial charge in [-0.15, -0.1) is 0 Å².